The lowest BCUT2D eigenvalue weighted by Crippen LogP contribution is -2.53. The van der Waals surface area contributed by atoms with E-state index in [-0.39, 0.29) is 17.5 Å². The standard InChI is InChI=1S/C17H25BrFNO/c1-3-21-17(8-6-12(2)7-9-17)16(20)11-13-10-14(18)4-5-15(13)19/h4-5,10,12,16H,3,6-9,11,20H2,1-2H3. The molecule has 1 fully saturated rings. The summed E-state index contributed by atoms with van der Waals surface area (Å²) in [6.45, 7) is 4.94. The molecule has 0 aliphatic heterocycles. The lowest BCUT2D eigenvalue weighted by Gasteiger charge is -2.43. The summed E-state index contributed by atoms with van der Waals surface area (Å²) in [7, 11) is 0. The van der Waals surface area contributed by atoms with Gasteiger partial charge < -0.3 is 10.5 Å². The molecule has 118 valence electrons. The molecule has 1 saturated carbocycles. The highest BCUT2D eigenvalue weighted by Gasteiger charge is 2.40. The summed E-state index contributed by atoms with van der Waals surface area (Å²) in [5.41, 5.74) is 6.82. The predicted molar refractivity (Wildman–Crippen MR) is 87.8 cm³/mol. The van der Waals surface area contributed by atoms with Crippen molar-refractivity contribution < 1.29 is 9.13 Å². The largest absolute Gasteiger partial charge is 0.374 e. The van der Waals surface area contributed by atoms with Gasteiger partial charge in [0.25, 0.3) is 0 Å². The second-order valence-electron chi connectivity index (χ2n) is 6.23. The molecule has 21 heavy (non-hydrogen) atoms. The first-order chi connectivity index (χ1) is 9.97. The van der Waals surface area contributed by atoms with Crippen LogP contribution in [-0.2, 0) is 11.2 Å². The average molecular weight is 358 g/mol. The predicted octanol–water partition coefficient (Wildman–Crippen LogP) is 4.44. The highest BCUT2D eigenvalue weighted by molar-refractivity contribution is 9.10. The monoisotopic (exact) mass is 357 g/mol. The first-order valence-electron chi connectivity index (χ1n) is 7.80. The van der Waals surface area contributed by atoms with E-state index < -0.39 is 0 Å². The molecule has 1 aliphatic carbocycles. The molecule has 1 aromatic carbocycles. The molecule has 1 aromatic rings. The minimum Gasteiger partial charge on any atom is -0.374 e. The maximum absolute atomic E-state index is 14.0. The Balaban J connectivity index is 2.15. The average Bonchev–Trinajstić information content (AvgIpc) is 2.46. The highest BCUT2D eigenvalue weighted by atomic mass is 79.9. The van der Waals surface area contributed by atoms with Gasteiger partial charge in [0.15, 0.2) is 0 Å². The Hall–Kier alpha value is -0.450. The van der Waals surface area contributed by atoms with Gasteiger partial charge in [-0.3, -0.25) is 0 Å². The topological polar surface area (TPSA) is 35.2 Å². The van der Waals surface area contributed by atoms with Gasteiger partial charge in [0, 0.05) is 17.1 Å². The molecule has 0 saturated heterocycles. The van der Waals surface area contributed by atoms with Gasteiger partial charge in [0.05, 0.1) is 5.60 Å². The zero-order valence-electron chi connectivity index (χ0n) is 12.9. The van der Waals surface area contributed by atoms with Crippen molar-refractivity contribution >= 4 is 15.9 Å². The van der Waals surface area contributed by atoms with Gasteiger partial charge in [0.2, 0.25) is 0 Å². The van der Waals surface area contributed by atoms with Gasteiger partial charge in [0.1, 0.15) is 5.82 Å². The fourth-order valence-electron chi connectivity index (χ4n) is 3.28. The molecule has 1 unspecified atom stereocenters. The number of benzene rings is 1. The van der Waals surface area contributed by atoms with Crippen molar-refractivity contribution in [1.82, 2.24) is 0 Å². The summed E-state index contributed by atoms with van der Waals surface area (Å²) >= 11 is 3.40. The van der Waals surface area contributed by atoms with Gasteiger partial charge in [-0.25, -0.2) is 4.39 Å². The molecule has 4 heteroatoms. The van der Waals surface area contributed by atoms with Crippen LogP contribution in [0, 0.1) is 11.7 Å². The molecule has 0 amide bonds. The molecule has 1 atom stereocenters. The van der Waals surface area contributed by atoms with E-state index in [1.54, 1.807) is 6.07 Å². The van der Waals surface area contributed by atoms with Crippen molar-refractivity contribution in [2.45, 2.75) is 57.6 Å². The molecule has 0 radical (unpaired) electrons. The van der Waals surface area contributed by atoms with Crippen LogP contribution in [0.15, 0.2) is 22.7 Å². The van der Waals surface area contributed by atoms with Crippen LogP contribution in [0.4, 0.5) is 4.39 Å². The smallest absolute Gasteiger partial charge is 0.126 e. The molecule has 0 aromatic heterocycles. The second-order valence-corrected chi connectivity index (χ2v) is 7.14. The van der Waals surface area contributed by atoms with Gasteiger partial charge in [-0.05, 0) is 68.7 Å². The quantitative estimate of drug-likeness (QED) is 0.844. The Morgan fingerprint density at radius 2 is 2.10 bits per heavy atom. The minimum absolute atomic E-state index is 0.172. The third-order valence-electron chi connectivity index (χ3n) is 4.68. The maximum atomic E-state index is 14.0. The van der Waals surface area contributed by atoms with Crippen LogP contribution in [0.1, 0.15) is 45.1 Å². The van der Waals surface area contributed by atoms with Crippen LogP contribution in [0.5, 0.6) is 0 Å². The number of nitrogens with two attached hydrogens (primary N) is 1. The summed E-state index contributed by atoms with van der Waals surface area (Å²) in [5.74, 6) is 0.540. The highest BCUT2D eigenvalue weighted by Crippen LogP contribution is 2.37. The first kappa shape index (κ1) is 16.9. The fourth-order valence-corrected chi connectivity index (χ4v) is 3.69. The van der Waals surface area contributed by atoms with Crippen LogP contribution in [0.3, 0.4) is 0 Å². The number of halogens is 2. The molecule has 0 spiro atoms. The van der Waals surface area contributed by atoms with E-state index in [0.717, 1.165) is 36.1 Å². The molecule has 0 bridgehead atoms. The van der Waals surface area contributed by atoms with Crippen molar-refractivity contribution in [2.75, 3.05) is 6.61 Å². The van der Waals surface area contributed by atoms with Crippen LogP contribution in [0.2, 0.25) is 0 Å². The second kappa shape index (κ2) is 7.21. The Morgan fingerprint density at radius 3 is 2.71 bits per heavy atom. The minimum atomic E-state index is -0.296. The van der Waals surface area contributed by atoms with E-state index in [1.165, 1.54) is 6.07 Å². The van der Waals surface area contributed by atoms with Crippen molar-refractivity contribution in [3.05, 3.63) is 34.1 Å². The lowest BCUT2D eigenvalue weighted by molar-refractivity contribution is -0.0884. The van der Waals surface area contributed by atoms with Gasteiger partial charge in [-0.2, -0.15) is 0 Å². The summed E-state index contributed by atoms with van der Waals surface area (Å²) in [6.07, 6.45) is 4.72. The lowest BCUT2D eigenvalue weighted by atomic mass is 9.74. The van der Waals surface area contributed by atoms with Crippen molar-refractivity contribution in [3.8, 4) is 0 Å². The Morgan fingerprint density at radius 1 is 1.43 bits per heavy atom. The number of ether oxygens (including phenoxy) is 1. The van der Waals surface area contributed by atoms with E-state index in [9.17, 15) is 4.39 Å². The summed E-state index contributed by atoms with van der Waals surface area (Å²) < 4.78 is 20.9. The summed E-state index contributed by atoms with van der Waals surface area (Å²) in [6, 6.07) is 4.85. The van der Waals surface area contributed by atoms with E-state index in [4.69, 9.17) is 10.5 Å². The summed E-state index contributed by atoms with van der Waals surface area (Å²) in [4.78, 5) is 0. The Kier molecular flexibility index (Phi) is 5.81. The van der Waals surface area contributed by atoms with Crippen LogP contribution in [0.25, 0.3) is 0 Å². The Labute approximate surface area is 135 Å². The molecular formula is C17H25BrFNO. The normalized spacial score (nSPS) is 27.6. The van der Waals surface area contributed by atoms with Crippen molar-refractivity contribution in [1.29, 1.82) is 0 Å². The number of rotatable bonds is 5. The maximum Gasteiger partial charge on any atom is 0.126 e. The van der Waals surface area contributed by atoms with E-state index >= 15 is 0 Å². The van der Waals surface area contributed by atoms with Gasteiger partial charge in [-0.15, -0.1) is 0 Å². The molecule has 2 nitrogen and oxygen atoms in total. The number of hydrogen-bond donors (Lipinski definition) is 1. The molecule has 1 aliphatic rings. The van der Waals surface area contributed by atoms with Crippen molar-refractivity contribution in [2.24, 2.45) is 11.7 Å². The molecule has 2 rings (SSSR count). The first-order valence-corrected chi connectivity index (χ1v) is 8.59. The zero-order chi connectivity index (χ0) is 15.5. The van der Waals surface area contributed by atoms with Crippen LogP contribution < -0.4 is 5.73 Å². The van der Waals surface area contributed by atoms with E-state index in [0.29, 0.717) is 18.6 Å². The van der Waals surface area contributed by atoms with E-state index in [2.05, 4.69) is 22.9 Å². The molecule has 2 N–H and O–H groups in total. The third kappa shape index (κ3) is 4.05. The molecule has 0 heterocycles. The van der Waals surface area contributed by atoms with Crippen LogP contribution in [-0.4, -0.2) is 18.2 Å². The number of hydrogen-bond acceptors (Lipinski definition) is 2. The zero-order valence-corrected chi connectivity index (χ0v) is 14.5. The SMILES string of the molecule is CCOC1(C(N)Cc2cc(Br)ccc2F)CCC(C)CC1. The van der Waals surface area contributed by atoms with Crippen LogP contribution >= 0.6 is 15.9 Å². The Bertz CT molecular complexity index is 472. The summed E-state index contributed by atoms with van der Waals surface area (Å²) in [5, 5.41) is 0. The van der Waals surface area contributed by atoms with Crippen molar-refractivity contribution in [3.63, 3.8) is 0 Å². The third-order valence-corrected chi connectivity index (χ3v) is 5.17. The van der Waals surface area contributed by atoms with E-state index in [1.807, 2.05) is 13.0 Å². The van der Waals surface area contributed by atoms with Gasteiger partial charge >= 0.3 is 0 Å². The fraction of sp³-hybridized carbons (Fsp3) is 0.647. The molecular weight excluding hydrogens is 333 g/mol. The van der Waals surface area contributed by atoms with Gasteiger partial charge in [-0.1, -0.05) is 22.9 Å².